The Kier molecular flexibility index (Phi) is 5.39. The molecule has 0 atom stereocenters. The molecule has 110 valence electrons. The summed E-state index contributed by atoms with van der Waals surface area (Å²) < 4.78 is 13.0. The molecule has 0 bridgehead atoms. The minimum atomic E-state index is -0.350. The molecular formula is C17H18FNOS. The van der Waals surface area contributed by atoms with Crippen LogP contribution in [0.2, 0.25) is 0 Å². The highest BCUT2D eigenvalue weighted by atomic mass is 32.2. The first-order valence-electron chi connectivity index (χ1n) is 6.80. The molecule has 0 aliphatic carbocycles. The summed E-state index contributed by atoms with van der Waals surface area (Å²) in [6.07, 6.45) is 0.397. The Bertz CT molecular complexity index is 642. The van der Waals surface area contributed by atoms with Gasteiger partial charge in [-0.2, -0.15) is 0 Å². The third kappa shape index (κ3) is 4.90. The molecule has 0 fully saturated rings. The smallest absolute Gasteiger partial charge is 0.225 e. The number of aryl methyl sites for hydroxylation is 2. The summed E-state index contributed by atoms with van der Waals surface area (Å²) >= 11 is 1.65. The molecule has 1 amide bonds. The normalized spacial score (nSPS) is 10.4. The minimum absolute atomic E-state index is 0.100. The number of carbonyl (C=O) groups is 1. The van der Waals surface area contributed by atoms with Crippen molar-refractivity contribution in [2.45, 2.75) is 25.2 Å². The van der Waals surface area contributed by atoms with Gasteiger partial charge in [0.1, 0.15) is 5.82 Å². The molecule has 1 N–H and O–H groups in total. The third-order valence-corrected chi connectivity index (χ3v) is 4.18. The second kappa shape index (κ2) is 7.27. The van der Waals surface area contributed by atoms with E-state index in [9.17, 15) is 9.18 Å². The van der Waals surface area contributed by atoms with E-state index in [1.807, 2.05) is 0 Å². The number of carbonyl (C=O) groups excluding carboxylic acids is 1. The molecule has 2 rings (SSSR count). The molecule has 0 saturated carbocycles. The van der Waals surface area contributed by atoms with E-state index in [4.69, 9.17) is 0 Å². The number of benzene rings is 2. The van der Waals surface area contributed by atoms with Gasteiger partial charge >= 0.3 is 0 Å². The fourth-order valence-corrected chi connectivity index (χ4v) is 2.80. The van der Waals surface area contributed by atoms with E-state index in [2.05, 4.69) is 37.4 Å². The van der Waals surface area contributed by atoms with Crippen LogP contribution < -0.4 is 5.32 Å². The lowest BCUT2D eigenvalue weighted by Crippen LogP contribution is -2.12. The van der Waals surface area contributed by atoms with Gasteiger partial charge in [0.05, 0.1) is 0 Å². The maximum atomic E-state index is 13.0. The number of hydrogen-bond acceptors (Lipinski definition) is 2. The lowest BCUT2D eigenvalue weighted by Gasteiger charge is -2.06. The van der Waals surface area contributed by atoms with Crippen molar-refractivity contribution in [1.29, 1.82) is 0 Å². The summed E-state index contributed by atoms with van der Waals surface area (Å²) in [5.41, 5.74) is 3.02. The Balaban J connectivity index is 1.80. The molecule has 2 aromatic carbocycles. The van der Waals surface area contributed by atoms with Gasteiger partial charge in [-0.3, -0.25) is 4.79 Å². The molecule has 4 heteroatoms. The number of nitrogens with one attached hydrogen (secondary N) is 1. The fraction of sp³-hybridized carbons (Fsp3) is 0.235. The number of rotatable bonds is 5. The van der Waals surface area contributed by atoms with Gasteiger partial charge in [0.15, 0.2) is 0 Å². The van der Waals surface area contributed by atoms with E-state index in [0.29, 0.717) is 17.9 Å². The van der Waals surface area contributed by atoms with Gasteiger partial charge < -0.3 is 5.32 Å². The van der Waals surface area contributed by atoms with Crippen LogP contribution in [-0.2, 0) is 4.79 Å². The first kappa shape index (κ1) is 15.6. The van der Waals surface area contributed by atoms with Crippen molar-refractivity contribution < 1.29 is 9.18 Å². The minimum Gasteiger partial charge on any atom is -0.326 e. The molecule has 0 aromatic heterocycles. The van der Waals surface area contributed by atoms with E-state index in [1.165, 1.54) is 23.3 Å². The lowest BCUT2D eigenvalue weighted by molar-refractivity contribution is -0.115. The quantitative estimate of drug-likeness (QED) is 0.820. The summed E-state index contributed by atoms with van der Waals surface area (Å²) in [5, 5.41) is 2.70. The van der Waals surface area contributed by atoms with Crippen LogP contribution in [0, 0.1) is 19.7 Å². The van der Waals surface area contributed by atoms with Crippen LogP contribution in [0.5, 0.6) is 0 Å². The zero-order chi connectivity index (χ0) is 15.2. The third-order valence-electron chi connectivity index (χ3n) is 3.18. The molecule has 0 heterocycles. The van der Waals surface area contributed by atoms with Crippen molar-refractivity contribution in [3.8, 4) is 0 Å². The second-order valence-electron chi connectivity index (χ2n) is 4.90. The van der Waals surface area contributed by atoms with Crippen LogP contribution in [0.3, 0.4) is 0 Å². The number of hydrogen-bond donors (Lipinski definition) is 1. The van der Waals surface area contributed by atoms with E-state index in [1.54, 1.807) is 23.9 Å². The van der Waals surface area contributed by atoms with Gasteiger partial charge in [-0.1, -0.05) is 12.1 Å². The van der Waals surface area contributed by atoms with Gasteiger partial charge in [0.25, 0.3) is 0 Å². The zero-order valence-corrected chi connectivity index (χ0v) is 13.0. The van der Waals surface area contributed by atoms with Crippen LogP contribution in [0.25, 0.3) is 0 Å². The second-order valence-corrected chi connectivity index (χ2v) is 6.07. The highest BCUT2D eigenvalue weighted by Gasteiger charge is 2.04. The summed E-state index contributed by atoms with van der Waals surface area (Å²) in [7, 11) is 0. The van der Waals surface area contributed by atoms with Crippen molar-refractivity contribution in [2.75, 3.05) is 11.1 Å². The average Bonchev–Trinajstić information content (AvgIpc) is 2.43. The topological polar surface area (TPSA) is 29.1 Å². The van der Waals surface area contributed by atoms with Gasteiger partial charge in [0, 0.05) is 22.8 Å². The fourth-order valence-electron chi connectivity index (χ4n) is 1.85. The molecule has 2 aromatic rings. The Morgan fingerprint density at radius 1 is 1.14 bits per heavy atom. The van der Waals surface area contributed by atoms with Crippen LogP contribution in [-0.4, -0.2) is 11.7 Å². The molecule has 0 unspecified atom stereocenters. The van der Waals surface area contributed by atoms with E-state index < -0.39 is 0 Å². The van der Waals surface area contributed by atoms with E-state index in [-0.39, 0.29) is 11.7 Å². The molecule has 0 aliphatic rings. The van der Waals surface area contributed by atoms with Gasteiger partial charge in [-0.15, -0.1) is 11.8 Å². The predicted octanol–water partition coefficient (Wildman–Crippen LogP) is 4.56. The number of anilines is 1. The van der Waals surface area contributed by atoms with Crippen LogP contribution >= 0.6 is 11.8 Å². The lowest BCUT2D eigenvalue weighted by atomic mass is 10.1. The van der Waals surface area contributed by atoms with Crippen molar-refractivity contribution in [2.24, 2.45) is 0 Å². The van der Waals surface area contributed by atoms with Crippen LogP contribution in [0.1, 0.15) is 17.5 Å². The molecule has 0 saturated heterocycles. The summed E-state index contributed by atoms with van der Waals surface area (Å²) in [6.45, 7) is 4.16. The van der Waals surface area contributed by atoms with Gasteiger partial charge in [-0.25, -0.2) is 4.39 Å². The highest BCUT2D eigenvalue weighted by Crippen LogP contribution is 2.22. The molecule has 21 heavy (non-hydrogen) atoms. The van der Waals surface area contributed by atoms with Gasteiger partial charge in [0.2, 0.25) is 5.91 Å². The van der Waals surface area contributed by atoms with Crippen molar-refractivity contribution >= 4 is 23.4 Å². The number of halogens is 1. The average molecular weight is 303 g/mol. The van der Waals surface area contributed by atoms with E-state index in [0.717, 1.165) is 4.90 Å². The largest absolute Gasteiger partial charge is 0.326 e. The summed E-state index contributed by atoms with van der Waals surface area (Å²) in [5.74, 6) is 0.248. The molecule has 2 nitrogen and oxygen atoms in total. The van der Waals surface area contributed by atoms with Crippen molar-refractivity contribution in [1.82, 2.24) is 0 Å². The van der Waals surface area contributed by atoms with E-state index >= 15 is 0 Å². The first-order chi connectivity index (χ1) is 10.0. The predicted molar refractivity (Wildman–Crippen MR) is 86.3 cm³/mol. The summed E-state index contributed by atoms with van der Waals surface area (Å²) in [4.78, 5) is 13.0. The van der Waals surface area contributed by atoms with Crippen LogP contribution in [0.4, 0.5) is 10.1 Å². The molecule has 0 radical (unpaired) electrons. The number of amides is 1. The van der Waals surface area contributed by atoms with Gasteiger partial charge in [-0.05, 0) is 55.3 Å². The first-order valence-corrected chi connectivity index (χ1v) is 7.78. The maximum Gasteiger partial charge on any atom is 0.225 e. The molecular weight excluding hydrogens is 285 g/mol. The SMILES string of the molecule is Cc1ccc(SCCC(=O)Nc2cccc(F)c2)cc1C. The summed E-state index contributed by atoms with van der Waals surface area (Å²) in [6, 6.07) is 12.2. The Morgan fingerprint density at radius 3 is 2.67 bits per heavy atom. The molecule has 0 spiro atoms. The van der Waals surface area contributed by atoms with Crippen molar-refractivity contribution in [3.05, 3.63) is 59.4 Å². The standard InChI is InChI=1S/C17H18FNOS/c1-12-6-7-16(10-13(12)2)21-9-8-17(20)19-15-5-3-4-14(18)11-15/h3-7,10-11H,8-9H2,1-2H3,(H,19,20). The highest BCUT2D eigenvalue weighted by molar-refractivity contribution is 7.99. The van der Waals surface area contributed by atoms with Crippen molar-refractivity contribution in [3.63, 3.8) is 0 Å². The maximum absolute atomic E-state index is 13.0. The van der Waals surface area contributed by atoms with Crippen LogP contribution in [0.15, 0.2) is 47.4 Å². The Morgan fingerprint density at radius 2 is 1.95 bits per heavy atom. The zero-order valence-electron chi connectivity index (χ0n) is 12.2. The monoisotopic (exact) mass is 303 g/mol. The Hall–Kier alpha value is -1.81. The number of thioether (sulfide) groups is 1. The molecule has 0 aliphatic heterocycles. The Labute approximate surface area is 128 Å².